The van der Waals surface area contributed by atoms with Crippen molar-refractivity contribution in [2.45, 2.75) is 19.1 Å². The van der Waals surface area contributed by atoms with Crippen molar-refractivity contribution < 1.29 is 4.74 Å². The lowest BCUT2D eigenvalue weighted by molar-refractivity contribution is -0.0432. The zero-order chi connectivity index (χ0) is 7.56. The molecule has 0 aliphatic carbocycles. The average Bonchev–Trinajstić information content (AvgIpc) is 1.95. The van der Waals surface area contributed by atoms with Crippen LogP contribution in [0, 0.1) is 0 Å². The lowest BCUT2D eigenvalue weighted by atomic mass is 10.2. The highest BCUT2D eigenvalue weighted by atomic mass is 16.5. The molecule has 1 saturated heterocycles. The zero-order valence-corrected chi connectivity index (χ0v) is 6.71. The molecule has 3 nitrogen and oxygen atoms in total. The van der Waals surface area contributed by atoms with Crippen molar-refractivity contribution in [1.82, 2.24) is 4.90 Å². The molecule has 2 N–H and O–H groups in total. The zero-order valence-electron chi connectivity index (χ0n) is 6.71. The van der Waals surface area contributed by atoms with E-state index in [0.29, 0.717) is 12.6 Å². The summed E-state index contributed by atoms with van der Waals surface area (Å²) in [6.07, 6.45) is 0.251. The van der Waals surface area contributed by atoms with Crippen LogP contribution in [-0.4, -0.2) is 43.8 Å². The summed E-state index contributed by atoms with van der Waals surface area (Å²) >= 11 is 0. The fourth-order valence-corrected chi connectivity index (χ4v) is 1.10. The first kappa shape index (κ1) is 7.98. The SMILES string of the molecule is C[C@H]1CO[C@H](CN)CN1C. The van der Waals surface area contributed by atoms with Gasteiger partial charge in [-0.15, -0.1) is 0 Å². The number of morpholine rings is 1. The Morgan fingerprint density at radius 3 is 2.90 bits per heavy atom. The number of ether oxygens (including phenoxy) is 1. The Morgan fingerprint density at radius 1 is 1.70 bits per heavy atom. The van der Waals surface area contributed by atoms with Gasteiger partial charge in [0.05, 0.1) is 12.7 Å². The Labute approximate surface area is 62.1 Å². The summed E-state index contributed by atoms with van der Waals surface area (Å²) < 4.78 is 5.44. The summed E-state index contributed by atoms with van der Waals surface area (Å²) in [5.74, 6) is 0. The number of hydrogen-bond donors (Lipinski definition) is 1. The molecule has 0 amide bonds. The van der Waals surface area contributed by atoms with E-state index in [1.165, 1.54) is 0 Å². The summed E-state index contributed by atoms with van der Waals surface area (Å²) in [4.78, 5) is 2.28. The summed E-state index contributed by atoms with van der Waals surface area (Å²) in [5.41, 5.74) is 5.46. The maximum atomic E-state index is 5.46. The van der Waals surface area contributed by atoms with Gasteiger partial charge in [-0.25, -0.2) is 0 Å². The Morgan fingerprint density at radius 2 is 2.40 bits per heavy atom. The van der Waals surface area contributed by atoms with Crippen molar-refractivity contribution in [1.29, 1.82) is 0 Å². The second-order valence-electron chi connectivity index (χ2n) is 2.98. The normalized spacial score (nSPS) is 36.3. The number of nitrogens with zero attached hydrogens (tertiary/aromatic N) is 1. The molecule has 1 fully saturated rings. The summed E-state index contributed by atoms with van der Waals surface area (Å²) in [6, 6.07) is 0.544. The largest absolute Gasteiger partial charge is 0.374 e. The topological polar surface area (TPSA) is 38.5 Å². The van der Waals surface area contributed by atoms with Crippen molar-refractivity contribution in [3.8, 4) is 0 Å². The van der Waals surface area contributed by atoms with Crippen LogP contribution in [0.4, 0.5) is 0 Å². The molecular weight excluding hydrogens is 128 g/mol. The first-order chi connectivity index (χ1) is 4.74. The van der Waals surface area contributed by atoms with Crippen molar-refractivity contribution in [2.75, 3.05) is 26.7 Å². The molecular formula is C7H16N2O. The molecule has 3 heteroatoms. The van der Waals surface area contributed by atoms with Crippen LogP contribution in [0.2, 0.25) is 0 Å². The lowest BCUT2D eigenvalue weighted by Crippen LogP contribution is -2.48. The van der Waals surface area contributed by atoms with Crippen LogP contribution in [-0.2, 0) is 4.74 Å². The van der Waals surface area contributed by atoms with Crippen LogP contribution < -0.4 is 5.73 Å². The summed E-state index contributed by atoms with van der Waals surface area (Å²) in [7, 11) is 2.11. The minimum absolute atomic E-state index is 0.251. The van der Waals surface area contributed by atoms with Gasteiger partial charge < -0.3 is 10.5 Å². The highest BCUT2D eigenvalue weighted by molar-refractivity contribution is 4.74. The van der Waals surface area contributed by atoms with E-state index >= 15 is 0 Å². The van der Waals surface area contributed by atoms with E-state index in [4.69, 9.17) is 10.5 Å². The van der Waals surface area contributed by atoms with Gasteiger partial charge in [0.1, 0.15) is 0 Å². The molecule has 10 heavy (non-hydrogen) atoms. The second-order valence-corrected chi connectivity index (χ2v) is 2.98. The number of rotatable bonds is 1. The molecule has 2 atom stereocenters. The minimum Gasteiger partial charge on any atom is -0.374 e. The van der Waals surface area contributed by atoms with E-state index in [9.17, 15) is 0 Å². The van der Waals surface area contributed by atoms with Gasteiger partial charge >= 0.3 is 0 Å². The fourth-order valence-electron chi connectivity index (χ4n) is 1.10. The molecule has 60 valence electrons. The molecule has 1 heterocycles. The minimum atomic E-state index is 0.251. The monoisotopic (exact) mass is 144 g/mol. The molecule has 0 spiro atoms. The molecule has 1 rings (SSSR count). The first-order valence-electron chi connectivity index (χ1n) is 3.76. The molecule has 0 aromatic heterocycles. The van der Waals surface area contributed by atoms with Crippen molar-refractivity contribution in [3.63, 3.8) is 0 Å². The smallest absolute Gasteiger partial charge is 0.0824 e. The van der Waals surface area contributed by atoms with Crippen molar-refractivity contribution in [2.24, 2.45) is 5.73 Å². The summed E-state index contributed by atoms with van der Waals surface area (Å²) in [5, 5.41) is 0. The molecule has 1 aliphatic rings. The molecule has 0 aromatic carbocycles. The summed E-state index contributed by atoms with van der Waals surface area (Å²) in [6.45, 7) is 4.58. The van der Waals surface area contributed by atoms with E-state index in [-0.39, 0.29) is 6.10 Å². The van der Waals surface area contributed by atoms with Crippen LogP contribution >= 0.6 is 0 Å². The fraction of sp³-hybridized carbons (Fsp3) is 1.00. The van der Waals surface area contributed by atoms with Crippen molar-refractivity contribution >= 4 is 0 Å². The second kappa shape index (κ2) is 3.32. The van der Waals surface area contributed by atoms with E-state index in [1.54, 1.807) is 0 Å². The Bertz CT molecular complexity index is 108. The van der Waals surface area contributed by atoms with Gasteiger partial charge in [-0.3, -0.25) is 4.90 Å². The van der Waals surface area contributed by atoms with Gasteiger partial charge in [0.15, 0.2) is 0 Å². The van der Waals surface area contributed by atoms with Crippen LogP contribution in [0.25, 0.3) is 0 Å². The van der Waals surface area contributed by atoms with E-state index < -0.39 is 0 Å². The maximum Gasteiger partial charge on any atom is 0.0824 e. The third-order valence-corrected chi connectivity index (χ3v) is 2.08. The Kier molecular flexibility index (Phi) is 2.65. The molecule has 0 saturated carbocycles. The Balaban J connectivity index is 2.33. The lowest BCUT2D eigenvalue weighted by Gasteiger charge is -2.34. The van der Waals surface area contributed by atoms with Crippen LogP contribution in [0.1, 0.15) is 6.92 Å². The predicted octanol–water partition coefficient (Wildman–Crippen LogP) is -0.336. The van der Waals surface area contributed by atoms with Crippen molar-refractivity contribution in [3.05, 3.63) is 0 Å². The third kappa shape index (κ3) is 1.68. The predicted molar refractivity (Wildman–Crippen MR) is 40.9 cm³/mol. The number of hydrogen-bond acceptors (Lipinski definition) is 3. The quantitative estimate of drug-likeness (QED) is 0.547. The first-order valence-corrected chi connectivity index (χ1v) is 3.76. The highest BCUT2D eigenvalue weighted by Gasteiger charge is 2.21. The van der Waals surface area contributed by atoms with Crippen LogP contribution in [0.5, 0.6) is 0 Å². The third-order valence-electron chi connectivity index (χ3n) is 2.08. The van der Waals surface area contributed by atoms with Crippen LogP contribution in [0.3, 0.4) is 0 Å². The van der Waals surface area contributed by atoms with Gasteiger partial charge in [0.25, 0.3) is 0 Å². The average molecular weight is 144 g/mol. The highest BCUT2D eigenvalue weighted by Crippen LogP contribution is 2.07. The van der Waals surface area contributed by atoms with E-state index in [0.717, 1.165) is 13.2 Å². The molecule has 0 bridgehead atoms. The molecule has 0 radical (unpaired) electrons. The maximum absolute atomic E-state index is 5.46. The van der Waals surface area contributed by atoms with Gasteiger partial charge in [0, 0.05) is 19.1 Å². The van der Waals surface area contributed by atoms with Gasteiger partial charge in [-0.2, -0.15) is 0 Å². The van der Waals surface area contributed by atoms with E-state index in [1.807, 2.05) is 0 Å². The van der Waals surface area contributed by atoms with Crippen LogP contribution in [0.15, 0.2) is 0 Å². The van der Waals surface area contributed by atoms with Gasteiger partial charge in [-0.1, -0.05) is 0 Å². The van der Waals surface area contributed by atoms with Gasteiger partial charge in [0.2, 0.25) is 0 Å². The standard InChI is InChI=1S/C7H16N2O/c1-6-5-10-7(3-8)4-9(6)2/h6-7H,3-5,8H2,1-2H3/t6-,7+/m0/s1. The van der Waals surface area contributed by atoms with E-state index in [2.05, 4.69) is 18.9 Å². The number of likely N-dealkylation sites (N-methyl/N-ethyl adjacent to an activating group) is 1. The molecule has 0 unspecified atom stereocenters. The number of nitrogens with two attached hydrogens (primary N) is 1. The molecule has 1 aliphatic heterocycles. The van der Waals surface area contributed by atoms with Gasteiger partial charge in [-0.05, 0) is 14.0 Å². The molecule has 0 aromatic rings. The Hall–Kier alpha value is -0.120.